The third-order valence-electron chi connectivity index (χ3n) is 4.80. The van der Waals surface area contributed by atoms with Crippen molar-refractivity contribution in [1.82, 2.24) is 4.57 Å². The Kier molecular flexibility index (Phi) is 6.53. The van der Waals surface area contributed by atoms with Gasteiger partial charge in [-0.15, -0.1) is 28.3 Å². The van der Waals surface area contributed by atoms with Gasteiger partial charge in [0.2, 0.25) is 0 Å². The maximum atomic E-state index is 4.95. The van der Waals surface area contributed by atoms with E-state index in [1.165, 1.54) is 27.6 Å². The number of fused-ring (bicyclic) bond motifs is 1. The summed E-state index contributed by atoms with van der Waals surface area (Å²) in [4.78, 5) is 5.96. The monoisotopic (exact) mass is 452 g/mol. The van der Waals surface area contributed by atoms with E-state index in [0.717, 1.165) is 16.9 Å². The van der Waals surface area contributed by atoms with Crippen LogP contribution in [0.2, 0.25) is 0 Å². The van der Waals surface area contributed by atoms with Gasteiger partial charge in [-0.05, 0) is 34.9 Å². The molecule has 0 unspecified atom stereocenters. The molecule has 0 atom stereocenters. The molecule has 2 nitrogen and oxygen atoms in total. The standard InChI is InChI=1S/C24H24N2S.BrH/c1-17(2)15-18-11-13-20(14-12-18)23-16-27-24(26(23)3)25-22-10-6-8-19-7-4-5-9-21(19)22;/h4-14,16-17H,15H2,1-3H3;1H. The molecule has 1 heterocycles. The maximum Gasteiger partial charge on any atom is 0.190 e. The molecule has 0 aliphatic carbocycles. The van der Waals surface area contributed by atoms with Crippen LogP contribution in [0.25, 0.3) is 22.0 Å². The second kappa shape index (κ2) is 8.89. The quantitative estimate of drug-likeness (QED) is 0.319. The molecule has 0 fully saturated rings. The van der Waals surface area contributed by atoms with Gasteiger partial charge in [-0.1, -0.05) is 74.5 Å². The first-order valence-corrected chi connectivity index (χ1v) is 10.3. The van der Waals surface area contributed by atoms with Gasteiger partial charge in [-0.2, -0.15) is 0 Å². The van der Waals surface area contributed by atoms with Crippen LogP contribution in [0.1, 0.15) is 19.4 Å². The van der Waals surface area contributed by atoms with Gasteiger partial charge in [0.25, 0.3) is 0 Å². The zero-order valence-electron chi connectivity index (χ0n) is 16.4. The number of thiazole rings is 1. The summed E-state index contributed by atoms with van der Waals surface area (Å²) < 4.78 is 2.18. The van der Waals surface area contributed by atoms with Crippen molar-refractivity contribution in [2.24, 2.45) is 18.0 Å². The summed E-state index contributed by atoms with van der Waals surface area (Å²) in [5.74, 6) is 0.680. The highest BCUT2D eigenvalue weighted by Crippen LogP contribution is 2.26. The first-order valence-electron chi connectivity index (χ1n) is 9.38. The first-order chi connectivity index (χ1) is 13.1. The molecule has 28 heavy (non-hydrogen) atoms. The molecule has 0 aliphatic rings. The molecule has 0 amide bonds. The van der Waals surface area contributed by atoms with Crippen molar-refractivity contribution in [3.05, 3.63) is 82.5 Å². The van der Waals surface area contributed by atoms with E-state index in [2.05, 4.69) is 97.6 Å². The number of rotatable bonds is 4. The minimum Gasteiger partial charge on any atom is -0.320 e. The van der Waals surface area contributed by atoms with Crippen LogP contribution in [0.5, 0.6) is 0 Å². The van der Waals surface area contributed by atoms with Crippen LogP contribution in [-0.4, -0.2) is 4.57 Å². The van der Waals surface area contributed by atoms with Crippen LogP contribution in [0.4, 0.5) is 5.69 Å². The Morgan fingerprint density at radius 2 is 1.64 bits per heavy atom. The van der Waals surface area contributed by atoms with Gasteiger partial charge in [0, 0.05) is 17.8 Å². The van der Waals surface area contributed by atoms with E-state index in [0.29, 0.717) is 5.92 Å². The van der Waals surface area contributed by atoms with E-state index in [9.17, 15) is 0 Å². The van der Waals surface area contributed by atoms with Crippen LogP contribution in [0.3, 0.4) is 0 Å². The second-order valence-corrected chi connectivity index (χ2v) is 8.20. The second-order valence-electron chi connectivity index (χ2n) is 7.37. The molecule has 0 aliphatic heterocycles. The van der Waals surface area contributed by atoms with E-state index in [1.807, 2.05) is 0 Å². The fraction of sp³-hybridized carbons (Fsp3) is 0.208. The summed E-state index contributed by atoms with van der Waals surface area (Å²) >= 11 is 1.69. The average Bonchev–Trinajstić information content (AvgIpc) is 3.03. The molecular weight excluding hydrogens is 428 g/mol. The molecule has 0 radical (unpaired) electrons. The van der Waals surface area contributed by atoms with Crippen molar-refractivity contribution < 1.29 is 0 Å². The Hall–Kier alpha value is -2.17. The van der Waals surface area contributed by atoms with Crippen LogP contribution in [0, 0.1) is 5.92 Å². The van der Waals surface area contributed by atoms with Gasteiger partial charge in [-0.3, -0.25) is 0 Å². The molecule has 0 saturated heterocycles. The SMILES string of the molecule is Br.CC(C)Cc1ccc(-c2csc(=Nc3cccc4ccccc34)n2C)cc1. The average molecular weight is 453 g/mol. The fourth-order valence-electron chi connectivity index (χ4n) is 3.42. The lowest BCUT2D eigenvalue weighted by molar-refractivity contribution is 0.647. The lowest BCUT2D eigenvalue weighted by atomic mass is 10.0. The van der Waals surface area contributed by atoms with Crippen molar-refractivity contribution in [3.63, 3.8) is 0 Å². The van der Waals surface area contributed by atoms with Crippen molar-refractivity contribution in [2.45, 2.75) is 20.3 Å². The lowest BCUT2D eigenvalue weighted by Crippen LogP contribution is -2.10. The van der Waals surface area contributed by atoms with Gasteiger partial charge in [0.1, 0.15) is 0 Å². The van der Waals surface area contributed by atoms with Crippen LogP contribution in [0.15, 0.2) is 77.1 Å². The van der Waals surface area contributed by atoms with Crippen LogP contribution >= 0.6 is 28.3 Å². The largest absolute Gasteiger partial charge is 0.320 e. The van der Waals surface area contributed by atoms with Crippen LogP contribution in [-0.2, 0) is 13.5 Å². The van der Waals surface area contributed by atoms with Gasteiger partial charge < -0.3 is 4.57 Å². The third kappa shape index (κ3) is 4.29. The highest BCUT2D eigenvalue weighted by Gasteiger charge is 2.06. The molecule has 1 aromatic heterocycles. The number of hydrogen-bond acceptors (Lipinski definition) is 2. The van der Waals surface area contributed by atoms with Gasteiger partial charge in [-0.25, -0.2) is 4.99 Å². The molecule has 0 N–H and O–H groups in total. The van der Waals surface area contributed by atoms with Crippen molar-refractivity contribution in [2.75, 3.05) is 0 Å². The van der Waals surface area contributed by atoms with E-state index in [-0.39, 0.29) is 17.0 Å². The molecule has 4 heteroatoms. The Morgan fingerprint density at radius 1 is 0.929 bits per heavy atom. The number of aromatic nitrogens is 1. The van der Waals surface area contributed by atoms with Gasteiger partial charge in [0.15, 0.2) is 4.80 Å². The minimum atomic E-state index is 0. The van der Waals surface area contributed by atoms with Gasteiger partial charge >= 0.3 is 0 Å². The van der Waals surface area contributed by atoms with E-state index in [4.69, 9.17) is 4.99 Å². The summed E-state index contributed by atoms with van der Waals surface area (Å²) in [5.41, 5.74) is 4.85. The molecule has 0 bridgehead atoms. The predicted octanol–water partition coefficient (Wildman–Crippen LogP) is 6.92. The van der Waals surface area contributed by atoms with E-state index < -0.39 is 0 Å². The molecule has 0 saturated carbocycles. The zero-order valence-corrected chi connectivity index (χ0v) is 19.0. The normalized spacial score (nSPS) is 11.8. The summed E-state index contributed by atoms with van der Waals surface area (Å²) in [5, 5.41) is 4.61. The molecule has 4 aromatic rings. The summed E-state index contributed by atoms with van der Waals surface area (Å²) in [7, 11) is 2.10. The van der Waals surface area contributed by atoms with Crippen molar-refractivity contribution in [3.8, 4) is 11.3 Å². The molecule has 4 rings (SSSR count). The number of halogens is 1. The summed E-state index contributed by atoms with van der Waals surface area (Å²) in [6.45, 7) is 4.52. The summed E-state index contributed by atoms with van der Waals surface area (Å²) in [6.07, 6.45) is 1.12. The Balaban J connectivity index is 0.00000225. The minimum absolute atomic E-state index is 0. The smallest absolute Gasteiger partial charge is 0.190 e. The highest BCUT2D eigenvalue weighted by molar-refractivity contribution is 8.93. The maximum absolute atomic E-state index is 4.95. The van der Waals surface area contributed by atoms with Gasteiger partial charge in [0.05, 0.1) is 11.4 Å². The Morgan fingerprint density at radius 3 is 2.39 bits per heavy atom. The topological polar surface area (TPSA) is 17.3 Å². The Labute approximate surface area is 181 Å². The molecule has 144 valence electrons. The lowest BCUT2D eigenvalue weighted by Gasteiger charge is -2.07. The first kappa shape index (κ1) is 20.6. The molecular formula is C24H25BrN2S. The predicted molar refractivity (Wildman–Crippen MR) is 127 cm³/mol. The highest BCUT2D eigenvalue weighted by atomic mass is 79.9. The van der Waals surface area contributed by atoms with Crippen molar-refractivity contribution in [1.29, 1.82) is 0 Å². The fourth-order valence-corrected chi connectivity index (χ4v) is 4.34. The third-order valence-corrected chi connectivity index (χ3v) is 5.72. The van der Waals surface area contributed by atoms with Crippen LogP contribution < -0.4 is 4.80 Å². The zero-order chi connectivity index (χ0) is 18.8. The number of nitrogens with zero attached hydrogens (tertiary/aromatic N) is 2. The Bertz CT molecular complexity index is 1130. The molecule has 3 aromatic carbocycles. The van der Waals surface area contributed by atoms with E-state index >= 15 is 0 Å². The number of benzene rings is 3. The number of hydrogen-bond donors (Lipinski definition) is 0. The van der Waals surface area contributed by atoms with E-state index in [1.54, 1.807) is 11.3 Å². The van der Waals surface area contributed by atoms with Crippen molar-refractivity contribution >= 4 is 44.8 Å². The summed E-state index contributed by atoms with van der Waals surface area (Å²) in [6, 6.07) is 23.6. The molecule has 0 spiro atoms.